The molecule has 0 fully saturated rings. The number of carbonyl (C=O) groups is 1. The molecule has 0 aliphatic heterocycles. The highest BCUT2D eigenvalue weighted by Gasteiger charge is 2.07. The van der Waals surface area contributed by atoms with Gasteiger partial charge in [-0.25, -0.2) is 0 Å². The molecule has 0 bridgehead atoms. The summed E-state index contributed by atoms with van der Waals surface area (Å²) in [6.45, 7) is 0. The summed E-state index contributed by atoms with van der Waals surface area (Å²) in [7, 11) is 1.57. The van der Waals surface area contributed by atoms with Crippen LogP contribution in [-0.2, 0) is 0 Å². The van der Waals surface area contributed by atoms with E-state index in [1.165, 1.54) is 30.3 Å². The molecule has 0 unspecified atom stereocenters. The van der Waals surface area contributed by atoms with Crippen molar-refractivity contribution in [3.8, 4) is 5.75 Å². The first-order chi connectivity index (χ1) is 10.1. The summed E-state index contributed by atoms with van der Waals surface area (Å²) in [5.41, 5.74) is 1.20. The van der Waals surface area contributed by atoms with Gasteiger partial charge >= 0.3 is 0 Å². The number of ketones is 1. The van der Waals surface area contributed by atoms with Crippen molar-refractivity contribution in [3.05, 3.63) is 75.8 Å². The molecule has 0 saturated heterocycles. The van der Waals surface area contributed by atoms with Crippen molar-refractivity contribution >= 4 is 17.5 Å². The highest BCUT2D eigenvalue weighted by Crippen LogP contribution is 2.15. The third-order valence-electron chi connectivity index (χ3n) is 2.88. The SMILES string of the molecule is COc1cccc(C=CC(=O)c2ccc([N+](=O)[O-])cc2)c1. The number of hydrogen-bond donors (Lipinski definition) is 0. The summed E-state index contributed by atoms with van der Waals surface area (Å²) in [5.74, 6) is 0.493. The van der Waals surface area contributed by atoms with Crippen LogP contribution in [0.2, 0.25) is 0 Å². The average molecular weight is 283 g/mol. The van der Waals surface area contributed by atoms with E-state index in [-0.39, 0.29) is 11.5 Å². The molecule has 0 saturated carbocycles. The van der Waals surface area contributed by atoms with Crippen LogP contribution in [0.15, 0.2) is 54.6 Å². The molecule has 5 heteroatoms. The van der Waals surface area contributed by atoms with Crippen LogP contribution in [-0.4, -0.2) is 17.8 Å². The van der Waals surface area contributed by atoms with E-state index in [1.54, 1.807) is 19.3 Å². The van der Waals surface area contributed by atoms with Crippen molar-refractivity contribution < 1.29 is 14.5 Å². The Morgan fingerprint density at radius 2 is 1.90 bits per heavy atom. The number of non-ortho nitro benzene ring substituents is 1. The lowest BCUT2D eigenvalue weighted by Gasteiger charge is -2.00. The minimum atomic E-state index is -0.500. The Balaban J connectivity index is 2.13. The van der Waals surface area contributed by atoms with Gasteiger partial charge in [0.15, 0.2) is 5.78 Å². The molecule has 2 aromatic rings. The normalized spacial score (nSPS) is 10.5. The van der Waals surface area contributed by atoms with Crippen LogP contribution in [0, 0.1) is 10.1 Å². The van der Waals surface area contributed by atoms with Crippen LogP contribution in [0.25, 0.3) is 6.08 Å². The van der Waals surface area contributed by atoms with Gasteiger partial charge in [-0.15, -0.1) is 0 Å². The number of nitro benzene ring substituents is 1. The molecule has 0 N–H and O–H groups in total. The first-order valence-corrected chi connectivity index (χ1v) is 6.21. The van der Waals surface area contributed by atoms with Crippen molar-refractivity contribution in [2.45, 2.75) is 0 Å². The summed E-state index contributed by atoms with van der Waals surface area (Å²) in [4.78, 5) is 22.0. The molecular formula is C16H13NO4. The molecule has 2 aromatic carbocycles. The first-order valence-electron chi connectivity index (χ1n) is 6.21. The van der Waals surface area contributed by atoms with E-state index in [1.807, 2.05) is 18.2 Å². The van der Waals surface area contributed by atoms with Gasteiger partial charge in [0.25, 0.3) is 5.69 Å². The number of nitrogens with zero attached hydrogens (tertiary/aromatic N) is 1. The minimum absolute atomic E-state index is 0.0386. The van der Waals surface area contributed by atoms with Crippen LogP contribution in [0.1, 0.15) is 15.9 Å². The topological polar surface area (TPSA) is 69.4 Å². The van der Waals surface area contributed by atoms with Gasteiger partial charge in [0.05, 0.1) is 12.0 Å². The Morgan fingerprint density at radius 3 is 2.52 bits per heavy atom. The molecule has 0 aliphatic carbocycles. The van der Waals surface area contributed by atoms with Crippen molar-refractivity contribution in [2.24, 2.45) is 0 Å². The quantitative estimate of drug-likeness (QED) is 0.364. The molecule has 0 atom stereocenters. The lowest BCUT2D eigenvalue weighted by Crippen LogP contribution is -1.95. The number of benzene rings is 2. The third kappa shape index (κ3) is 3.76. The highest BCUT2D eigenvalue weighted by molar-refractivity contribution is 6.06. The second-order valence-electron chi connectivity index (χ2n) is 4.28. The molecular weight excluding hydrogens is 270 g/mol. The molecule has 0 spiro atoms. The molecule has 0 heterocycles. The lowest BCUT2D eigenvalue weighted by atomic mass is 10.1. The van der Waals surface area contributed by atoms with Crippen molar-refractivity contribution in [3.63, 3.8) is 0 Å². The standard InChI is InChI=1S/C16H13NO4/c1-21-15-4-2-3-12(11-15)5-10-16(18)13-6-8-14(9-7-13)17(19)20/h2-11H,1H3. The number of allylic oxidation sites excluding steroid dienone is 1. The Bertz CT molecular complexity index is 690. The summed E-state index contributed by atoms with van der Waals surface area (Å²) in [6, 6.07) is 12.8. The fourth-order valence-electron chi connectivity index (χ4n) is 1.76. The zero-order valence-corrected chi connectivity index (χ0v) is 11.4. The molecule has 0 aromatic heterocycles. The highest BCUT2D eigenvalue weighted by atomic mass is 16.6. The molecule has 2 rings (SSSR count). The fourth-order valence-corrected chi connectivity index (χ4v) is 1.76. The van der Waals surface area contributed by atoms with E-state index in [0.717, 1.165) is 5.56 Å². The first kappa shape index (κ1) is 14.5. The van der Waals surface area contributed by atoms with Gasteiger partial charge in [-0.1, -0.05) is 18.2 Å². The van der Waals surface area contributed by atoms with Crippen LogP contribution in [0.5, 0.6) is 5.75 Å². The molecule has 106 valence electrons. The Labute approximate surface area is 121 Å². The Morgan fingerprint density at radius 1 is 1.19 bits per heavy atom. The van der Waals surface area contributed by atoms with Crippen LogP contribution in [0.4, 0.5) is 5.69 Å². The Hall–Kier alpha value is -2.95. The van der Waals surface area contributed by atoms with E-state index in [9.17, 15) is 14.9 Å². The van der Waals surface area contributed by atoms with Crippen molar-refractivity contribution in [1.82, 2.24) is 0 Å². The van der Waals surface area contributed by atoms with Gasteiger partial charge in [0, 0.05) is 17.7 Å². The molecule has 5 nitrogen and oxygen atoms in total. The van der Waals surface area contributed by atoms with Crippen LogP contribution in [0.3, 0.4) is 0 Å². The van der Waals surface area contributed by atoms with Gasteiger partial charge < -0.3 is 4.74 Å². The maximum absolute atomic E-state index is 12.0. The summed E-state index contributed by atoms with van der Waals surface area (Å²) >= 11 is 0. The maximum atomic E-state index is 12.0. The largest absolute Gasteiger partial charge is 0.497 e. The molecule has 21 heavy (non-hydrogen) atoms. The van der Waals surface area contributed by atoms with E-state index in [2.05, 4.69) is 0 Å². The predicted molar refractivity (Wildman–Crippen MR) is 79.5 cm³/mol. The number of rotatable bonds is 5. The second-order valence-corrected chi connectivity index (χ2v) is 4.28. The van der Waals surface area contributed by atoms with Gasteiger partial charge in [0.1, 0.15) is 5.75 Å². The lowest BCUT2D eigenvalue weighted by molar-refractivity contribution is -0.384. The summed E-state index contributed by atoms with van der Waals surface area (Å²) < 4.78 is 5.10. The minimum Gasteiger partial charge on any atom is -0.497 e. The van der Waals surface area contributed by atoms with Gasteiger partial charge in [-0.05, 0) is 35.9 Å². The number of methoxy groups -OCH3 is 1. The van der Waals surface area contributed by atoms with E-state index in [4.69, 9.17) is 4.74 Å². The van der Waals surface area contributed by atoms with Crippen LogP contribution < -0.4 is 4.74 Å². The number of ether oxygens (including phenoxy) is 1. The smallest absolute Gasteiger partial charge is 0.269 e. The molecule has 0 aliphatic rings. The fraction of sp³-hybridized carbons (Fsp3) is 0.0625. The Kier molecular flexibility index (Phi) is 4.46. The monoisotopic (exact) mass is 283 g/mol. The van der Waals surface area contributed by atoms with Gasteiger partial charge in [-0.2, -0.15) is 0 Å². The molecule has 0 radical (unpaired) electrons. The third-order valence-corrected chi connectivity index (χ3v) is 2.88. The number of carbonyl (C=O) groups excluding carboxylic acids is 1. The summed E-state index contributed by atoms with van der Waals surface area (Å²) in [5, 5.41) is 10.5. The van der Waals surface area contributed by atoms with Crippen molar-refractivity contribution in [2.75, 3.05) is 7.11 Å². The zero-order valence-electron chi connectivity index (χ0n) is 11.4. The van der Waals surface area contributed by atoms with E-state index < -0.39 is 4.92 Å². The zero-order chi connectivity index (χ0) is 15.2. The predicted octanol–water partition coefficient (Wildman–Crippen LogP) is 3.50. The van der Waals surface area contributed by atoms with Crippen molar-refractivity contribution in [1.29, 1.82) is 0 Å². The number of nitro groups is 1. The maximum Gasteiger partial charge on any atom is 0.269 e. The van der Waals surface area contributed by atoms with E-state index in [0.29, 0.717) is 11.3 Å². The second kappa shape index (κ2) is 6.47. The van der Waals surface area contributed by atoms with E-state index >= 15 is 0 Å². The summed E-state index contributed by atoms with van der Waals surface area (Å²) in [6.07, 6.45) is 3.10. The molecule has 0 amide bonds. The van der Waals surface area contributed by atoms with Gasteiger partial charge in [0.2, 0.25) is 0 Å². The average Bonchev–Trinajstić information content (AvgIpc) is 2.53. The van der Waals surface area contributed by atoms with Crippen LogP contribution >= 0.6 is 0 Å². The van der Waals surface area contributed by atoms with Gasteiger partial charge in [-0.3, -0.25) is 14.9 Å². The number of hydrogen-bond acceptors (Lipinski definition) is 4.